The predicted octanol–water partition coefficient (Wildman–Crippen LogP) is 3.35. The Morgan fingerprint density at radius 1 is 1.00 bits per heavy atom. The minimum Gasteiger partial charge on any atom is -0.453 e. The van der Waals surface area contributed by atoms with E-state index >= 15 is 0 Å². The molecular weight excluding hydrogens is 342 g/mol. The highest BCUT2D eigenvalue weighted by Crippen LogP contribution is 2.22. The molecule has 0 atom stereocenters. The zero-order chi connectivity index (χ0) is 19.6. The molecule has 27 heavy (non-hydrogen) atoms. The van der Waals surface area contributed by atoms with Crippen molar-refractivity contribution < 1.29 is 14.3 Å². The topological polar surface area (TPSA) is 72.4 Å². The van der Waals surface area contributed by atoms with Crippen molar-refractivity contribution in [1.82, 2.24) is 10.2 Å². The Bertz CT molecular complexity index is 869. The summed E-state index contributed by atoms with van der Waals surface area (Å²) in [5, 5.41) is 8.06. The molecule has 6 nitrogen and oxygen atoms in total. The maximum Gasteiger partial charge on any atom is 0.359 e. The zero-order valence-electron chi connectivity index (χ0n) is 16.3. The molecule has 0 amide bonds. The molecule has 6 heteroatoms. The number of aryl methyl sites for hydroxylation is 1. The van der Waals surface area contributed by atoms with Crippen molar-refractivity contribution in [3.63, 3.8) is 0 Å². The summed E-state index contributed by atoms with van der Waals surface area (Å²) in [7, 11) is 0. The highest BCUT2D eigenvalue weighted by Gasteiger charge is 2.18. The van der Waals surface area contributed by atoms with Crippen LogP contribution in [0.15, 0.2) is 18.2 Å². The molecule has 1 aliphatic heterocycles. The average molecular weight is 367 g/mol. The van der Waals surface area contributed by atoms with Gasteiger partial charge in [-0.2, -0.15) is 0 Å². The molecule has 142 valence electrons. The number of esters is 1. The smallest absolute Gasteiger partial charge is 0.359 e. The van der Waals surface area contributed by atoms with Crippen molar-refractivity contribution in [3.05, 3.63) is 51.7 Å². The van der Waals surface area contributed by atoms with E-state index in [-0.39, 0.29) is 18.1 Å². The molecule has 0 saturated carbocycles. The molecule has 0 unspecified atom stereocenters. The van der Waals surface area contributed by atoms with Crippen molar-refractivity contribution in [3.8, 4) is 0 Å². The summed E-state index contributed by atoms with van der Waals surface area (Å²) in [5.41, 5.74) is 4.95. The van der Waals surface area contributed by atoms with Gasteiger partial charge in [0.15, 0.2) is 18.1 Å². The van der Waals surface area contributed by atoms with E-state index in [4.69, 9.17) is 4.74 Å². The van der Waals surface area contributed by atoms with Crippen LogP contribution in [-0.2, 0) is 4.74 Å². The lowest BCUT2D eigenvalue weighted by atomic mass is 9.93. The quantitative estimate of drug-likeness (QED) is 0.596. The number of ether oxygens (including phenoxy) is 1. The van der Waals surface area contributed by atoms with Crippen LogP contribution in [0.1, 0.15) is 55.9 Å². The lowest BCUT2D eigenvalue weighted by Gasteiger charge is -2.15. The van der Waals surface area contributed by atoms with Crippen molar-refractivity contribution >= 4 is 17.6 Å². The molecule has 1 saturated heterocycles. The maximum absolute atomic E-state index is 12.5. The van der Waals surface area contributed by atoms with E-state index in [9.17, 15) is 9.59 Å². The van der Waals surface area contributed by atoms with Crippen LogP contribution in [0.5, 0.6) is 0 Å². The van der Waals surface area contributed by atoms with E-state index in [0.29, 0.717) is 5.56 Å². The fourth-order valence-electron chi connectivity index (χ4n) is 3.33. The van der Waals surface area contributed by atoms with Crippen molar-refractivity contribution in [2.75, 3.05) is 24.6 Å². The van der Waals surface area contributed by atoms with Crippen LogP contribution >= 0.6 is 0 Å². The number of ketones is 1. The van der Waals surface area contributed by atoms with Crippen molar-refractivity contribution in [2.24, 2.45) is 0 Å². The van der Waals surface area contributed by atoms with E-state index in [0.717, 1.165) is 48.4 Å². The zero-order valence-corrected chi connectivity index (χ0v) is 16.3. The van der Waals surface area contributed by atoms with Gasteiger partial charge in [0.25, 0.3) is 0 Å². The minimum atomic E-state index is -0.637. The van der Waals surface area contributed by atoms with Gasteiger partial charge in [-0.05, 0) is 81.0 Å². The average Bonchev–Trinajstić information content (AvgIpc) is 3.22. The second kappa shape index (κ2) is 7.86. The van der Waals surface area contributed by atoms with Crippen LogP contribution in [0.3, 0.4) is 0 Å². The number of hydrogen-bond donors (Lipinski definition) is 0. The normalized spacial score (nSPS) is 13.7. The second-order valence-electron chi connectivity index (χ2n) is 7.09. The highest BCUT2D eigenvalue weighted by atomic mass is 16.5. The lowest BCUT2D eigenvalue weighted by Crippen LogP contribution is -2.21. The minimum absolute atomic E-state index is 0.110. The van der Waals surface area contributed by atoms with Crippen LogP contribution in [0.25, 0.3) is 0 Å². The Kier molecular flexibility index (Phi) is 5.54. The van der Waals surface area contributed by atoms with Gasteiger partial charge in [0.2, 0.25) is 5.78 Å². The van der Waals surface area contributed by atoms with E-state index in [2.05, 4.69) is 15.1 Å². The SMILES string of the molecule is Cc1cc(C(=O)COC(=O)c2ccc(N3CCCC3)nn2)c(C)c(C)c1C. The third-order valence-corrected chi connectivity index (χ3v) is 5.41. The van der Waals surface area contributed by atoms with E-state index in [1.54, 1.807) is 12.1 Å². The van der Waals surface area contributed by atoms with Gasteiger partial charge in [0, 0.05) is 18.7 Å². The van der Waals surface area contributed by atoms with Gasteiger partial charge < -0.3 is 9.64 Å². The number of Topliss-reactive ketones (excluding diaryl/α,β-unsaturated/α-hetero) is 1. The number of rotatable bonds is 5. The fourth-order valence-corrected chi connectivity index (χ4v) is 3.33. The number of anilines is 1. The molecule has 0 N–H and O–H groups in total. The maximum atomic E-state index is 12.5. The second-order valence-corrected chi connectivity index (χ2v) is 7.09. The molecule has 2 aromatic rings. The Morgan fingerprint density at radius 2 is 1.70 bits per heavy atom. The van der Waals surface area contributed by atoms with Gasteiger partial charge in [-0.25, -0.2) is 4.79 Å². The number of carbonyl (C=O) groups is 2. The Morgan fingerprint density at radius 3 is 2.33 bits per heavy atom. The van der Waals surface area contributed by atoms with E-state index < -0.39 is 5.97 Å². The van der Waals surface area contributed by atoms with E-state index in [1.165, 1.54) is 5.56 Å². The molecule has 1 aliphatic rings. The summed E-state index contributed by atoms with van der Waals surface area (Å²) in [6.07, 6.45) is 2.29. The fraction of sp³-hybridized carbons (Fsp3) is 0.429. The molecule has 0 bridgehead atoms. The predicted molar refractivity (Wildman–Crippen MR) is 103 cm³/mol. The molecule has 0 spiro atoms. The van der Waals surface area contributed by atoms with Crippen LogP contribution in [0.4, 0.5) is 5.82 Å². The third kappa shape index (κ3) is 3.99. The van der Waals surface area contributed by atoms with Crippen molar-refractivity contribution in [1.29, 1.82) is 0 Å². The molecular formula is C21H25N3O3. The molecule has 1 aromatic carbocycles. The van der Waals surface area contributed by atoms with Crippen LogP contribution in [0, 0.1) is 27.7 Å². The van der Waals surface area contributed by atoms with Gasteiger partial charge in [-0.1, -0.05) is 0 Å². The van der Waals surface area contributed by atoms with Crippen LogP contribution < -0.4 is 4.90 Å². The summed E-state index contributed by atoms with van der Waals surface area (Å²) >= 11 is 0. The number of hydrogen-bond acceptors (Lipinski definition) is 6. The summed E-state index contributed by atoms with van der Waals surface area (Å²) in [6, 6.07) is 5.23. The van der Waals surface area contributed by atoms with Gasteiger partial charge in [-0.15, -0.1) is 10.2 Å². The molecule has 3 rings (SSSR count). The monoisotopic (exact) mass is 367 g/mol. The summed E-state index contributed by atoms with van der Waals surface area (Å²) in [4.78, 5) is 26.9. The molecule has 0 aliphatic carbocycles. The standard InChI is InChI=1S/C21H25N3O3/c1-13-11-17(16(4)15(3)14(13)2)19(25)12-27-21(26)18-7-8-20(23-22-18)24-9-5-6-10-24/h7-8,11H,5-6,9-10,12H2,1-4H3. The first-order valence-electron chi connectivity index (χ1n) is 9.25. The number of carbonyl (C=O) groups excluding carboxylic acids is 2. The van der Waals surface area contributed by atoms with Crippen molar-refractivity contribution in [2.45, 2.75) is 40.5 Å². The Hall–Kier alpha value is -2.76. The van der Waals surface area contributed by atoms with Gasteiger partial charge in [-0.3, -0.25) is 4.79 Å². The first-order chi connectivity index (χ1) is 12.9. The molecule has 0 radical (unpaired) electrons. The summed E-state index contributed by atoms with van der Waals surface area (Å²) in [5.74, 6) is -0.0860. The van der Waals surface area contributed by atoms with Crippen LogP contribution in [0.2, 0.25) is 0 Å². The Balaban J connectivity index is 1.64. The first-order valence-corrected chi connectivity index (χ1v) is 9.25. The Labute approximate surface area is 159 Å². The summed E-state index contributed by atoms with van der Waals surface area (Å²) < 4.78 is 5.17. The first kappa shape index (κ1) is 19.0. The largest absolute Gasteiger partial charge is 0.453 e. The number of aromatic nitrogens is 2. The molecule has 1 fully saturated rings. The number of nitrogens with zero attached hydrogens (tertiary/aromatic N) is 3. The molecule has 1 aromatic heterocycles. The van der Waals surface area contributed by atoms with Gasteiger partial charge in [0.05, 0.1) is 0 Å². The van der Waals surface area contributed by atoms with Gasteiger partial charge >= 0.3 is 5.97 Å². The molecule has 2 heterocycles. The van der Waals surface area contributed by atoms with E-state index in [1.807, 2.05) is 33.8 Å². The number of benzene rings is 1. The van der Waals surface area contributed by atoms with Crippen LogP contribution in [-0.4, -0.2) is 41.6 Å². The summed E-state index contributed by atoms with van der Waals surface area (Å²) in [6.45, 7) is 9.54. The third-order valence-electron chi connectivity index (χ3n) is 5.41. The van der Waals surface area contributed by atoms with Gasteiger partial charge in [0.1, 0.15) is 0 Å². The lowest BCUT2D eigenvalue weighted by molar-refractivity contribution is 0.0467. The highest BCUT2D eigenvalue weighted by molar-refractivity contribution is 6.00.